The molecule has 12 heteroatoms. The van der Waals surface area contributed by atoms with E-state index in [0.29, 0.717) is 50.3 Å². The number of aromatic nitrogens is 1. The Morgan fingerprint density at radius 1 is 0.800 bits per heavy atom. The molecule has 0 saturated heterocycles. The Kier molecular flexibility index (Phi) is 7.93. The molecular weight excluding hydrogens is 536 g/mol. The fourth-order valence-electron chi connectivity index (χ4n) is 4.59. The Balaban J connectivity index is 2.04. The molecule has 2 aromatic carbocycles. The molecule has 0 aliphatic carbocycles. The van der Waals surface area contributed by atoms with Crippen LogP contribution in [0.5, 0.6) is 34.5 Å². The summed E-state index contributed by atoms with van der Waals surface area (Å²) in [7, 11) is 8.89. The Hall–Kier alpha value is -5.07. The van der Waals surface area contributed by atoms with E-state index >= 15 is 0 Å². The van der Waals surface area contributed by atoms with Gasteiger partial charge >= 0.3 is 0 Å². The number of nitrogens with two attached hydrogens (primary N) is 1. The first-order valence-electron chi connectivity index (χ1n) is 11.7. The van der Waals surface area contributed by atoms with Crippen LogP contribution < -0.4 is 48.9 Å². The van der Waals surface area contributed by atoms with Crippen molar-refractivity contribution in [1.82, 2.24) is 4.57 Å². The van der Waals surface area contributed by atoms with E-state index in [1.54, 1.807) is 30.3 Å². The van der Waals surface area contributed by atoms with Crippen LogP contribution in [0.25, 0.3) is 17.5 Å². The van der Waals surface area contributed by atoms with Crippen LogP contribution in [0.3, 0.4) is 0 Å². The van der Waals surface area contributed by atoms with Crippen molar-refractivity contribution in [2.24, 2.45) is 5.73 Å². The minimum absolute atomic E-state index is 0.0394. The van der Waals surface area contributed by atoms with Crippen LogP contribution in [0.1, 0.15) is 17.0 Å². The van der Waals surface area contributed by atoms with Crippen molar-refractivity contribution in [3.05, 3.63) is 60.5 Å². The monoisotopic (exact) mass is 562 g/mol. The fraction of sp³-hybridized carbons (Fsp3) is 0.250. The van der Waals surface area contributed by atoms with Crippen LogP contribution in [0, 0.1) is 22.7 Å². The normalized spacial score (nSPS) is 14.7. The van der Waals surface area contributed by atoms with Gasteiger partial charge in [-0.1, -0.05) is 0 Å². The van der Waals surface area contributed by atoms with Crippen LogP contribution in [0.4, 0.5) is 0 Å². The lowest BCUT2D eigenvalue weighted by atomic mass is 9.84. The highest BCUT2D eigenvalue weighted by Gasteiger charge is 2.33. The van der Waals surface area contributed by atoms with E-state index in [1.807, 2.05) is 0 Å². The summed E-state index contributed by atoms with van der Waals surface area (Å²) in [6.07, 6.45) is 1.63. The fourth-order valence-corrected chi connectivity index (χ4v) is 5.72. The molecule has 0 amide bonds. The van der Waals surface area contributed by atoms with E-state index in [-0.39, 0.29) is 21.5 Å². The van der Waals surface area contributed by atoms with E-state index in [0.717, 1.165) is 11.3 Å². The SMILES string of the molecule is COc1cc(C=c2sc3n(c2=O)C(N)=C(C#N)C(c2cc(OC)c(OC)c(OC)c2)C=3C#N)cc(OC)c1OC. The second kappa shape index (κ2) is 11.4. The number of benzene rings is 2. The summed E-state index contributed by atoms with van der Waals surface area (Å²) >= 11 is 1.08. The van der Waals surface area contributed by atoms with Crippen molar-refractivity contribution in [1.29, 1.82) is 10.5 Å². The summed E-state index contributed by atoms with van der Waals surface area (Å²) < 4.78 is 34.4. The molecule has 1 aromatic heterocycles. The predicted molar refractivity (Wildman–Crippen MR) is 148 cm³/mol. The summed E-state index contributed by atoms with van der Waals surface area (Å²) in [6.45, 7) is 0. The van der Waals surface area contributed by atoms with Crippen molar-refractivity contribution < 1.29 is 28.4 Å². The quantitative estimate of drug-likeness (QED) is 0.431. The number of thiazole rings is 1. The van der Waals surface area contributed by atoms with Crippen LogP contribution in [-0.2, 0) is 0 Å². The number of hydrogen-bond donors (Lipinski definition) is 1. The molecule has 1 aliphatic heterocycles. The molecule has 0 spiro atoms. The van der Waals surface area contributed by atoms with Gasteiger partial charge in [-0.3, -0.25) is 9.36 Å². The number of hydrogen-bond acceptors (Lipinski definition) is 11. The number of methoxy groups -OCH3 is 6. The first-order valence-corrected chi connectivity index (χ1v) is 12.5. The van der Waals surface area contributed by atoms with Crippen molar-refractivity contribution in [2.45, 2.75) is 5.92 Å². The first kappa shape index (κ1) is 28.0. The van der Waals surface area contributed by atoms with E-state index in [4.69, 9.17) is 34.2 Å². The van der Waals surface area contributed by atoms with Crippen molar-refractivity contribution in [3.8, 4) is 46.6 Å². The van der Waals surface area contributed by atoms with E-state index in [9.17, 15) is 15.3 Å². The Morgan fingerprint density at radius 2 is 1.27 bits per heavy atom. The Bertz CT molecular complexity index is 1740. The van der Waals surface area contributed by atoms with Gasteiger partial charge in [0.2, 0.25) is 11.5 Å². The average Bonchev–Trinajstić information content (AvgIpc) is 3.30. The van der Waals surface area contributed by atoms with Crippen molar-refractivity contribution in [3.63, 3.8) is 0 Å². The summed E-state index contributed by atoms with van der Waals surface area (Å²) in [5, 5.41) is 20.4. The van der Waals surface area contributed by atoms with E-state index < -0.39 is 11.5 Å². The topological polar surface area (TPSA) is 151 Å². The highest BCUT2D eigenvalue weighted by atomic mass is 32.1. The third kappa shape index (κ3) is 4.44. The number of ether oxygens (including phenoxy) is 6. The molecule has 3 aromatic rings. The third-order valence-corrected chi connectivity index (χ3v) is 7.50. The van der Waals surface area contributed by atoms with E-state index in [1.165, 1.54) is 47.2 Å². The van der Waals surface area contributed by atoms with Gasteiger partial charge in [-0.2, -0.15) is 10.5 Å². The maximum atomic E-state index is 13.6. The van der Waals surface area contributed by atoms with Gasteiger partial charge < -0.3 is 34.2 Å². The standard InChI is InChI=1S/C28H26N4O7S/c1-34-18-7-14(8-19(35-2)24(18)38-5)9-22-27(33)32-26(31)16(12-29)23(17(13-30)28(32)40-22)15-10-20(36-3)25(39-6)21(11-15)37-4/h7-11,23H,31H2,1-6H3. The van der Waals surface area contributed by atoms with Gasteiger partial charge in [0.25, 0.3) is 5.56 Å². The first-order chi connectivity index (χ1) is 19.3. The van der Waals surface area contributed by atoms with Crippen LogP contribution in [-0.4, -0.2) is 47.2 Å². The van der Waals surface area contributed by atoms with Gasteiger partial charge in [0.1, 0.15) is 10.5 Å². The van der Waals surface area contributed by atoms with Crippen molar-refractivity contribution >= 4 is 28.8 Å². The zero-order chi connectivity index (χ0) is 29.1. The van der Waals surface area contributed by atoms with Gasteiger partial charge in [-0.15, -0.1) is 11.3 Å². The molecule has 0 saturated carbocycles. The molecule has 206 valence electrons. The number of rotatable bonds is 8. The van der Waals surface area contributed by atoms with Crippen LogP contribution in [0.15, 0.2) is 34.6 Å². The summed E-state index contributed by atoms with van der Waals surface area (Å²) in [6, 6.07) is 11.0. The van der Waals surface area contributed by atoms with Gasteiger partial charge in [0, 0.05) is 0 Å². The third-order valence-electron chi connectivity index (χ3n) is 6.39. The molecule has 0 bridgehead atoms. The molecule has 1 atom stereocenters. The van der Waals surface area contributed by atoms with Gasteiger partial charge in [0.05, 0.1) is 76.4 Å². The molecule has 2 heterocycles. The number of allylic oxidation sites excluding steroid dienone is 1. The van der Waals surface area contributed by atoms with Gasteiger partial charge in [-0.25, -0.2) is 0 Å². The molecule has 2 N–H and O–H groups in total. The number of nitriles is 2. The largest absolute Gasteiger partial charge is 0.493 e. The minimum atomic E-state index is -0.879. The lowest BCUT2D eigenvalue weighted by molar-refractivity contribution is 0.324. The highest BCUT2D eigenvalue weighted by Crippen LogP contribution is 2.44. The Labute approximate surface area is 233 Å². The van der Waals surface area contributed by atoms with Crippen LogP contribution >= 0.6 is 11.3 Å². The molecule has 1 unspecified atom stereocenters. The molecule has 0 radical (unpaired) electrons. The molecule has 11 nitrogen and oxygen atoms in total. The summed E-state index contributed by atoms with van der Waals surface area (Å²) in [4.78, 5) is 13.6. The molecule has 4 rings (SSSR count). The molecule has 1 aliphatic rings. The maximum Gasteiger partial charge on any atom is 0.274 e. The molecule has 40 heavy (non-hydrogen) atoms. The zero-order valence-corrected chi connectivity index (χ0v) is 23.5. The summed E-state index contributed by atoms with van der Waals surface area (Å²) in [5.41, 5.74) is 7.26. The second-order valence-electron chi connectivity index (χ2n) is 8.34. The van der Waals surface area contributed by atoms with Crippen LogP contribution in [0.2, 0.25) is 0 Å². The predicted octanol–water partition coefficient (Wildman–Crippen LogP) is 1.91. The minimum Gasteiger partial charge on any atom is -0.493 e. The average molecular weight is 563 g/mol. The number of fused-ring (bicyclic) bond motifs is 1. The smallest absolute Gasteiger partial charge is 0.274 e. The highest BCUT2D eigenvalue weighted by molar-refractivity contribution is 7.07. The zero-order valence-electron chi connectivity index (χ0n) is 22.6. The Morgan fingerprint density at radius 3 is 1.70 bits per heavy atom. The van der Waals surface area contributed by atoms with E-state index in [2.05, 4.69) is 12.1 Å². The van der Waals surface area contributed by atoms with Gasteiger partial charge in [0.15, 0.2) is 23.0 Å². The second-order valence-corrected chi connectivity index (χ2v) is 9.37. The lowest BCUT2D eigenvalue weighted by Gasteiger charge is -2.24. The number of nitrogens with zero attached hydrogens (tertiary/aromatic N) is 3. The maximum absolute atomic E-state index is 13.6. The summed E-state index contributed by atoms with van der Waals surface area (Å²) in [5.74, 6) is 1.32. The van der Waals surface area contributed by atoms with Gasteiger partial charge in [-0.05, 0) is 41.5 Å². The molecular formula is C28H26N4O7S. The lowest BCUT2D eigenvalue weighted by Crippen LogP contribution is -2.38. The molecule has 0 fully saturated rings. The van der Waals surface area contributed by atoms with Crippen molar-refractivity contribution in [2.75, 3.05) is 42.7 Å².